The van der Waals surface area contributed by atoms with Crippen molar-refractivity contribution in [2.75, 3.05) is 20.1 Å². The van der Waals surface area contributed by atoms with E-state index in [9.17, 15) is 8.42 Å². The van der Waals surface area contributed by atoms with E-state index in [1.54, 1.807) is 4.57 Å². The molecule has 0 saturated carbocycles. The highest BCUT2D eigenvalue weighted by molar-refractivity contribution is 8.13. The number of hydrogen-bond donors (Lipinski definition) is 0. The second kappa shape index (κ2) is 3.22. The molecule has 1 aromatic rings. The summed E-state index contributed by atoms with van der Waals surface area (Å²) >= 11 is 0. The van der Waals surface area contributed by atoms with E-state index in [1.165, 1.54) is 12.5 Å². The fourth-order valence-electron chi connectivity index (χ4n) is 1.60. The van der Waals surface area contributed by atoms with E-state index in [2.05, 4.69) is 9.88 Å². The highest BCUT2D eigenvalue weighted by atomic mass is 35.7. The van der Waals surface area contributed by atoms with Gasteiger partial charge < -0.3 is 9.47 Å². The first kappa shape index (κ1) is 9.95. The molecule has 5 nitrogen and oxygen atoms in total. The first-order valence-corrected chi connectivity index (χ1v) is 6.44. The first-order valence-electron chi connectivity index (χ1n) is 4.13. The van der Waals surface area contributed by atoms with Crippen LogP contribution in [0.4, 0.5) is 0 Å². The average molecular weight is 236 g/mol. The number of likely N-dealkylation sites (N-methyl/N-ethyl adjacent to an activating group) is 1. The van der Waals surface area contributed by atoms with Crippen molar-refractivity contribution in [2.24, 2.45) is 0 Å². The molecule has 0 radical (unpaired) electrons. The molecule has 0 aliphatic carbocycles. The van der Waals surface area contributed by atoms with E-state index in [-0.39, 0.29) is 11.1 Å². The van der Waals surface area contributed by atoms with E-state index in [0.29, 0.717) is 0 Å². The molecule has 78 valence electrons. The number of rotatable bonds is 2. The maximum Gasteiger partial charge on any atom is 0.278 e. The maximum atomic E-state index is 11.1. The molecule has 2 rings (SSSR count). The Hall–Kier alpha value is -0.590. The van der Waals surface area contributed by atoms with Crippen LogP contribution in [-0.2, 0) is 9.05 Å². The van der Waals surface area contributed by atoms with E-state index in [0.717, 1.165) is 13.1 Å². The highest BCUT2D eigenvalue weighted by Gasteiger charge is 2.29. The summed E-state index contributed by atoms with van der Waals surface area (Å²) in [5.41, 5.74) is 0. The number of aromatic nitrogens is 2. The molecule has 0 N–H and O–H groups in total. The minimum Gasteiger partial charge on any atom is -0.315 e. The molecule has 1 aliphatic rings. The van der Waals surface area contributed by atoms with Crippen LogP contribution in [0.2, 0.25) is 0 Å². The van der Waals surface area contributed by atoms with Gasteiger partial charge >= 0.3 is 0 Å². The van der Waals surface area contributed by atoms with Gasteiger partial charge in [-0.2, -0.15) is 0 Å². The normalized spacial score (nSPS) is 19.6. The third-order valence-electron chi connectivity index (χ3n) is 2.32. The summed E-state index contributed by atoms with van der Waals surface area (Å²) in [4.78, 5) is 5.89. The third-order valence-corrected chi connectivity index (χ3v) is 3.61. The lowest BCUT2D eigenvalue weighted by molar-refractivity contribution is 0.134. The van der Waals surface area contributed by atoms with Gasteiger partial charge in [0.1, 0.15) is 0 Å². The monoisotopic (exact) mass is 235 g/mol. The van der Waals surface area contributed by atoms with Gasteiger partial charge in [0.2, 0.25) is 0 Å². The van der Waals surface area contributed by atoms with Crippen LogP contribution in [0.15, 0.2) is 17.6 Å². The molecule has 1 fully saturated rings. The van der Waals surface area contributed by atoms with Crippen LogP contribution in [0, 0.1) is 0 Å². The van der Waals surface area contributed by atoms with E-state index in [4.69, 9.17) is 10.7 Å². The number of hydrogen-bond acceptors (Lipinski definition) is 4. The van der Waals surface area contributed by atoms with Gasteiger partial charge in [-0.15, -0.1) is 0 Å². The predicted octanol–water partition coefficient (Wildman–Crippen LogP) is 0.297. The van der Waals surface area contributed by atoms with Crippen molar-refractivity contribution in [1.29, 1.82) is 0 Å². The molecular formula is C7H10ClN3O2S. The molecule has 2 heterocycles. The van der Waals surface area contributed by atoms with Crippen LogP contribution in [-0.4, -0.2) is 43.0 Å². The topological polar surface area (TPSA) is 55.2 Å². The second-order valence-corrected chi connectivity index (χ2v) is 5.96. The van der Waals surface area contributed by atoms with Crippen molar-refractivity contribution >= 4 is 19.7 Å². The van der Waals surface area contributed by atoms with Crippen molar-refractivity contribution in [3.63, 3.8) is 0 Å². The highest BCUT2D eigenvalue weighted by Crippen LogP contribution is 2.24. The summed E-state index contributed by atoms with van der Waals surface area (Å²) in [6.45, 7) is 1.66. The Bertz CT molecular complexity index is 436. The quantitative estimate of drug-likeness (QED) is 0.692. The van der Waals surface area contributed by atoms with Crippen LogP contribution in [0.5, 0.6) is 0 Å². The summed E-state index contributed by atoms with van der Waals surface area (Å²) < 4.78 is 23.9. The Morgan fingerprint density at radius 2 is 2.21 bits per heavy atom. The zero-order valence-electron chi connectivity index (χ0n) is 7.59. The summed E-state index contributed by atoms with van der Waals surface area (Å²) in [6.07, 6.45) is 2.79. The number of imidazole rings is 1. The Morgan fingerprint density at radius 1 is 1.57 bits per heavy atom. The fourth-order valence-corrected chi connectivity index (χ4v) is 2.59. The van der Waals surface area contributed by atoms with Crippen molar-refractivity contribution in [3.05, 3.63) is 12.5 Å². The van der Waals surface area contributed by atoms with Gasteiger partial charge in [-0.25, -0.2) is 13.4 Å². The van der Waals surface area contributed by atoms with Gasteiger partial charge in [0.25, 0.3) is 9.05 Å². The lowest BCUT2D eigenvalue weighted by atomic mass is 10.1. The van der Waals surface area contributed by atoms with Crippen molar-refractivity contribution in [3.8, 4) is 0 Å². The zero-order chi connectivity index (χ0) is 10.3. The van der Waals surface area contributed by atoms with Crippen LogP contribution in [0.25, 0.3) is 0 Å². The molecule has 7 heteroatoms. The van der Waals surface area contributed by atoms with Crippen LogP contribution in [0.1, 0.15) is 6.04 Å². The van der Waals surface area contributed by atoms with Crippen molar-refractivity contribution < 1.29 is 8.42 Å². The molecule has 0 spiro atoms. The van der Waals surface area contributed by atoms with Gasteiger partial charge in [0.05, 0.1) is 18.6 Å². The molecule has 0 atom stereocenters. The SMILES string of the molecule is CN1CC(n2cncc2S(=O)(=O)Cl)C1. The molecule has 1 aliphatic heterocycles. The van der Waals surface area contributed by atoms with Crippen LogP contribution < -0.4 is 0 Å². The van der Waals surface area contributed by atoms with Gasteiger partial charge in [-0.3, -0.25) is 0 Å². The lowest BCUT2D eigenvalue weighted by Crippen LogP contribution is -2.45. The lowest BCUT2D eigenvalue weighted by Gasteiger charge is -2.37. The molecular weight excluding hydrogens is 226 g/mol. The van der Waals surface area contributed by atoms with Gasteiger partial charge in [0, 0.05) is 23.8 Å². The smallest absolute Gasteiger partial charge is 0.278 e. The van der Waals surface area contributed by atoms with E-state index >= 15 is 0 Å². The predicted molar refractivity (Wildman–Crippen MR) is 51.8 cm³/mol. The Kier molecular flexibility index (Phi) is 2.29. The Morgan fingerprint density at radius 3 is 2.71 bits per heavy atom. The standard InChI is InChI=1S/C7H10ClN3O2S/c1-10-3-6(4-10)11-5-9-2-7(11)14(8,12)13/h2,5-6H,3-4H2,1H3. The second-order valence-electron chi connectivity index (χ2n) is 3.45. The molecule has 1 aromatic heterocycles. The van der Waals surface area contributed by atoms with Gasteiger partial charge in [0.15, 0.2) is 5.03 Å². The summed E-state index contributed by atoms with van der Waals surface area (Å²) in [6, 6.07) is 0.172. The summed E-state index contributed by atoms with van der Waals surface area (Å²) in [7, 11) is 3.56. The van der Waals surface area contributed by atoms with E-state index in [1.807, 2.05) is 7.05 Å². The fraction of sp³-hybridized carbons (Fsp3) is 0.571. The molecule has 0 aromatic carbocycles. The zero-order valence-corrected chi connectivity index (χ0v) is 9.16. The van der Waals surface area contributed by atoms with Crippen LogP contribution >= 0.6 is 10.7 Å². The average Bonchev–Trinajstić information content (AvgIpc) is 2.44. The molecule has 1 saturated heterocycles. The summed E-state index contributed by atoms with van der Waals surface area (Å²) in [5.74, 6) is 0. The number of likely N-dealkylation sites (tertiary alicyclic amines) is 1. The minimum atomic E-state index is -3.67. The van der Waals surface area contributed by atoms with Crippen molar-refractivity contribution in [2.45, 2.75) is 11.1 Å². The maximum absolute atomic E-state index is 11.1. The van der Waals surface area contributed by atoms with Crippen molar-refractivity contribution in [1.82, 2.24) is 14.5 Å². The van der Waals surface area contributed by atoms with Gasteiger partial charge in [-0.05, 0) is 7.05 Å². The van der Waals surface area contributed by atoms with Gasteiger partial charge in [-0.1, -0.05) is 0 Å². The van der Waals surface area contributed by atoms with Crippen LogP contribution in [0.3, 0.4) is 0 Å². The van der Waals surface area contributed by atoms with E-state index < -0.39 is 9.05 Å². The largest absolute Gasteiger partial charge is 0.315 e. The minimum absolute atomic E-state index is 0.0808. The molecule has 14 heavy (non-hydrogen) atoms. The molecule has 0 unspecified atom stereocenters. The Balaban J connectivity index is 2.32. The molecule has 0 bridgehead atoms. The molecule has 0 amide bonds. The first-order chi connectivity index (χ1) is 6.48. The summed E-state index contributed by atoms with van der Waals surface area (Å²) in [5, 5.41) is 0.0808. The Labute approximate surface area is 86.7 Å². The third kappa shape index (κ3) is 1.65. The number of halogens is 1. The number of nitrogens with zero attached hydrogens (tertiary/aromatic N) is 3.